The summed E-state index contributed by atoms with van der Waals surface area (Å²) in [5.74, 6) is 0.530. The maximum absolute atomic E-state index is 13.0. The Labute approximate surface area is 109 Å². The molecule has 0 unspecified atom stereocenters. The summed E-state index contributed by atoms with van der Waals surface area (Å²) in [5.41, 5.74) is 6.81. The molecule has 2 rings (SSSR count). The zero-order valence-corrected chi connectivity index (χ0v) is 10.5. The highest BCUT2D eigenvalue weighted by Gasteiger charge is 2.10. The zero-order valence-electron chi connectivity index (χ0n) is 9.68. The Balaban J connectivity index is 2.37. The smallest absolute Gasteiger partial charge is 0.229 e. The van der Waals surface area contributed by atoms with Crippen LogP contribution in [0.1, 0.15) is 11.1 Å². The monoisotopic (exact) mass is 262 g/mol. The van der Waals surface area contributed by atoms with Crippen molar-refractivity contribution in [2.75, 3.05) is 0 Å². The highest BCUT2D eigenvalue weighted by Crippen LogP contribution is 2.26. The summed E-state index contributed by atoms with van der Waals surface area (Å²) >= 11 is 4.92. The van der Waals surface area contributed by atoms with Gasteiger partial charge in [0.15, 0.2) is 0 Å². The summed E-state index contributed by atoms with van der Waals surface area (Å²) in [5, 5.41) is 0. The second kappa shape index (κ2) is 5.10. The third-order valence-electron chi connectivity index (χ3n) is 2.38. The van der Waals surface area contributed by atoms with E-state index in [1.54, 1.807) is 31.3 Å². The Kier molecular flexibility index (Phi) is 3.53. The molecule has 0 saturated heterocycles. The molecule has 1 aromatic heterocycles. The van der Waals surface area contributed by atoms with Gasteiger partial charge in [-0.25, -0.2) is 9.37 Å². The first kappa shape index (κ1) is 12.4. The van der Waals surface area contributed by atoms with Crippen LogP contribution in [0.2, 0.25) is 0 Å². The first-order valence-electron chi connectivity index (χ1n) is 5.27. The van der Waals surface area contributed by atoms with Crippen molar-refractivity contribution in [2.45, 2.75) is 6.92 Å². The summed E-state index contributed by atoms with van der Waals surface area (Å²) < 4.78 is 18.6. The fourth-order valence-electron chi connectivity index (χ4n) is 1.49. The van der Waals surface area contributed by atoms with Crippen molar-refractivity contribution in [2.24, 2.45) is 5.73 Å². The Morgan fingerprint density at radius 1 is 1.39 bits per heavy atom. The molecule has 2 N–H and O–H groups in total. The summed E-state index contributed by atoms with van der Waals surface area (Å²) in [6.07, 6.45) is 1.58. The van der Waals surface area contributed by atoms with Crippen LogP contribution in [-0.2, 0) is 0 Å². The summed E-state index contributed by atoms with van der Waals surface area (Å²) in [6.45, 7) is 1.75. The van der Waals surface area contributed by atoms with Gasteiger partial charge < -0.3 is 10.5 Å². The van der Waals surface area contributed by atoms with Gasteiger partial charge in [-0.2, -0.15) is 0 Å². The van der Waals surface area contributed by atoms with Crippen LogP contribution >= 0.6 is 12.2 Å². The highest BCUT2D eigenvalue weighted by atomic mass is 32.1. The van der Waals surface area contributed by atoms with Gasteiger partial charge in [0.05, 0.1) is 5.56 Å². The van der Waals surface area contributed by atoms with Crippen molar-refractivity contribution in [3.05, 3.63) is 53.5 Å². The van der Waals surface area contributed by atoms with Crippen LogP contribution in [0, 0.1) is 12.7 Å². The Morgan fingerprint density at radius 3 is 2.83 bits per heavy atom. The van der Waals surface area contributed by atoms with Crippen LogP contribution in [0.5, 0.6) is 11.6 Å². The molecule has 0 fully saturated rings. The number of nitrogens with zero attached hydrogens (tertiary/aromatic N) is 1. The molecular formula is C13H11FN2OS. The van der Waals surface area contributed by atoms with E-state index in [4.69, 9.17) is 22.7 Å². The number of aromatic nitrogens is 1. The van der Waals surface area contributed by atoms with Crippen molar-refractivity contribution in [3.63, 3.8) is 0 Å². The molecule has 1 aromatic carbocycles. The second-order valence-corrected chi connectivity index (χ2v) is 4.17. The number of hydrogen-bond donors (Lipinski definition) is 1. The predicted octanol–water partition coefficient (Wildman–Crippen LogP) is 2.96. The number of aryl methyl sites for hydroxylation is 1. The van der Waals surface area contributed by atoms with Crippen LogP contribution in [0.3, 0.4) is 0 Å². The molecule has 0 amide bonds. The quantitative estimate of drug-likeness (QED) is 0.864. The SMILES string of the molecule is Cc1cc(F)ccc1Oc1ncccc1C(N)=S. The highest BCUT2D eigenvalue weighted by molar-refractivity contribution is 7.80. The van der Waals surface area contributed by atoms with E-state index in [1.807, 2.05) is 0 Å². The van der Waals surface area contributed by atoms with E-state index in [0.29, 0.717) is 22.8 Å². The number of benzene rings is 1. The van der Waals surface area contributed by atoms with Crippen LogP contribution in [0.15, 0.2) is 36.5 Å². The molecule has 0 radical (unpaired) electrons. The fourth-order valence-corrected chi connectivity index (χ4v) is 1.65. The molecule has 0 saturated carbocycles. The molecule has 0 aliphatic carbocycles. The van der Waals surface area contributed by atoms with Gasteiger partial charge in [0, 0.05) is 6.20 Å². The standard InChI is InChI=1S/C13H11FN2OS/c1-8-7-9(14)4-5-11(8)17-13-10(12(15)18)3-2-6-16-13/h2-7H,1H3,(H2,15,18). The van der Waals surface area contributed by atoms with Crippen LogP contribution in [0.25, 0.3) is 0 Å². The number of rotatable bonds is 3. The summed E-state index contributed by atoms with van der Waals surface area (Å²) in [4.78, 5) is 4.28. The lowest BCUT2D eigenvalue weighted by atomic mass is 10.2. The lowest BCUT2D eigenvalue weighted by molar-refractivity contribution is 0.456. The molecule has 0 atom stereocenters. The molecule has 0 spiro atoms. The van der Waals surface area contributed by atoms with E-state index in [2.05, 4.69) is 4.98 Å². The van der Waals surface area contributed by atoms with Gasteiger partial charge in [-0.15, -0.1) is 0 Å². The van der Waals surface area contributed by atoms with E-state index < -0.39 is 0 Å². The van der Waals surface area contributed by atoms with Crippen molar-refractivity contribution < 1.29 is 9.13 Å². The first-order chi connectivity index (χ1) is 8.58. The van der Waals surface area contributed by atoms with Gasteiger partial charge in [0.2, 0.25) is 5.88 Å². The number of pyridine rings is 1. The van der Waals surface area contributed by atoms with Gasteiger partial charge in [0.1, 0.15) is 16.6 Å². The molecule has 0 aliphatic rings. The first-order valence-corrected chi connectivity index (χ1v) is 5.67. The third-order valence-corrected chi connectivity index (χ3v) is 2.60. The Hall–Kier alpha value is -2.01. The molecule has 18 heavy (non-hydrogen) atoms. The molecule has 0 bridgehead atoms. The van der Waals surface area contributed by atoms with E-state index in [-0.39, 0.29) is 10.8 Å². The number of thiocarbonyl (C=S) groups is 1. The van der Waals surface area contributed by atoms with Gasteiger partial charge in [-0.1, -0.05) is 12.2 Å². The van der Waals surface area contributed by atoms with Crippen LogP contribution in [-0.4, -0.2) is 9.97 Å². The van der Waals surface area contributed by atoms with Crippen molar-refractivity contribution in [3.8, 4) is 11.6 Å². The average molecular weight is 262 g/mol. The van der Waals surface area contributed by atoms with E-state index in [0.717, 1.165) is 0 Å². The average Bonchev–Trinajstić information content (AvgIpc) is 2.33. The minimum absolute atomic E-state index is 0.206. The van der Waals surface area contributed by atoms with Crippen LogP contribution < -0.4 is 10.5 Å². The molecule has 0 aliphatic heterocycles. The Morgan fingerprint density at radius 2 is 2.17 bits per heavy atom. The largest absolute Gasteiger partial charge is 0.438 e. The molecule has 3 nitrogen and oxygen atoms in total. The van der Waals surface area contributed by atoms with E-state index in [1.165, 1.54) is 12.1 Å². The molecule has 1 heterocycles. The topological polar surface area (TPSA) is 48.1 Å². The second-order valence-electron chi connectivity index (χ2n) is 3.73. The molecule has 2 aromatic rings. The fraction of sp³-hybridized carbons (Fsp3) is 0.0769. The third kappa shape index (κ3) is 2.62. The van der Waals surface area contributed by atoms with E-state index >= 15 is 0 Å². The minimum Gasteiger partial charge on any atom is -0.438 e. The number of halogens is 1. The lowest BCUT2D eigenvalue weighted by Crippen LogP contribution is -2.11. The van der Waals surface area contributed by atoms with Gasteiger partial charge in [0.25, 0.3) is 0 Å². The van der Waals surface area contributed by atoms with Crippen molar-refractivity contribution >= 4 is 17.2 Å². The molecular weight excluding hydrogens is 251 g/mol. The maximum Gasteiger partial charge on any atom is 0.229 e. The summed E-state index contributed by atoms with van der Waals surface area (Å²) in [7, 11) is 0. The lowest BCUT2D eigenvalue weighted by Gasteiger charge is -2.10. The number of hydrogen-bond acceptors (Lipinski definition) is 3. The van der Waals surface area contributed by atoms with Gasteiger partial charge in [-0.05, 0) is 42.8 Å². The van der Waals surface area contributed by atoms with E-state index in [9.17, 15) is 4.39 Å². The Bertz CT molecular complexity index is 601. The molecule has 5 heteroatoms. The van der Waals surface area contributed by atoms with Crippen molar-refractivity contribution in [1.29, 1.82) is 0 Å². The maximum atomic E-state index is 13.0. The molecule has 92 valence electrons. The number of nitrogens with two attached hydrogens (primary N) is 1. The predicted molar refractivity (Wildman–Crippen MR) is 71.3 cm³/mol. The minimum atomic E-state index is -0.310. The zero-order chi connectivity index (χ0) is 13.1. The van der Waals surface area contributed by atoms with Crippen molar-refractivity contribution in [1.82, 2.24) is 4.98 Å². The van der Waals surface area contributed by atoms with Gasteiger partial charge >= 0.3 is 0 Å². The van der Waals surface area contributed by atoms with Gasteiger partial charge in [-0.3, -0.25) is 0 Å². The van der Waals surface area contributed by atoms with Crippen LogP contribution in [0.4, 0.5) is 4.39 Å². The normalized spacial score (nSPS) is 10.1. The summed E-state index contributed by atoms with van der Waals surface area (Å²) in [6, 6.07) is 7.70. The number of ether oxygens (including phenoxy) is 1.